The predicted octanol–water partition coefficient (Wildman–Crippen LogP) is 2.13. The third kappa shape index (κ3) is 3.10. The molecule has 1 unspecified atom stereocenters. The zero-order valence-corrected chi connectivity index (χ0v) is 13.9. The SMILES string of the molecule is CCc1nc2n(n1)CC(NCc1ccn(-c3ccccc3)n1)CC2. The minimum atomic E-state index is 0.422. The summed E-state index contributed by atoms with van der Waals surface area (Å²) in [4.78, 5) is 4.57. The highest BCUT2D eigenvalue weighted by Gasteiger charge is 2.21. The molecular weight excluding hydrogens is 300 g/mol. The van der Waals surface area contributed by atoms with Crippen molar-refractivity contribution >= 4 is 0 Å². The number of fused-ring (bicyclic) bond motifs is 1. The molecule has 1 aromatic carbocycles. The maximum absolute atomic E-state index is 4.65. The molecule has 6 nitrogen and oxygen atoms in total. The number of rotatable bonds is 5. The van der Waals surface area contributed by atoms with E-state index in [9.17, 15) is 0 Å². The Hall–Kier alpha value is -2.47. The van der Waals surface area contributed by atoms with Gasteiger partial charge in [0.2, 0.25) is 0 Å². The van der Waals surface area contributed by atoms with Crippen LogP contribution in [0.25, 0.3) is 5.69 Å². The van der Waals surface area contributed by atoms with Crippen LogP contribution in [-0.2, 0) is 25.9 Å². The quantitative estimate of drug-likeness (QED) is 0.782. The van der Waals surface area contributed by atoms with E-state index in [1.54, 1.807) is 0 Å². The van der Waals surface area contributed by atoms with Gasteiger partial charge in [-0.15, -0.1) is 0 Å². The van der Waals surface area contributed by atoms with Crippen LogP contribution < -0.4 is 5.32 Å². The van der Waals surface area contributed by atoms with Gasteiger partial charge in [0.1, 0.15) is 5.82 Å². The number of aryl methyl sites for hydroxylation is 2. The van der Waals surface area contributed by atoms with Crippen LogP contribution in [0.3, 0.4) is 0 Å². The van der Waals surface area contributed by atoms with Crippen LogP contribution in [0.4, 0.5) is 0 Å². The van der Waals surface area contributed by atoms with E-state index in [1.807, 2.05) is 29.1 Å². The molecule has 6 heteroatoms. The number of nitrogens with zero attached hydrogens (tertiary/aromatic N) is 5. The van der Waals surface area contributed by atoms with Gasteiger partial charge < -0.3 is 5.32 Å². The van der Waals surface area contributed by atoms with Crippen LogP contribution >= 0.6 is 0 Å². The van der Waals surface area contributed by atoms with E-state index in [-0.39, 0.29) is 0 Å². The molecule has 24 heavy (non-hydrogen) atoms. The zero-order valence-electron chi connectivity index (χ0n) is 13.9. The summed E-state index contributed by atoms with van der Waals surface area (Å²) in [6.07, 6.45) is 5.00. The number of hydrogen-bond donors (Lipinski definition) is 1. The number of aromatic nitrogens is 5. The Labute approximate surface area is 141 Å². The molecule has 0 spiro atoms. The normalized spacial score (nSPS) is 17.0. The first-order valence-corrected chi connectivity index (χ1v) is 8.58. The van der Waals surface area contributed by atoms with E-state index in [0.717, 1.165) is 55.4 Å². The second-order valence-corrected chi connectivity index (χ2v) is 6.18. The summed E-state index contributed by atoms with van der Waals surface area (Å²) in [5.74, 6) is 2.07. The molecule has 4 rings (SSSR count). The largest absolute Gasteiger partial charge is 0.306 e. The predicted molar refractivity (Wildman–Crippen MR) is 91.9 cm³/mol. The van der Waals surface area contributed by atoms with Gasteiger partial charge in [0.25, 0.3) is 0 Å². The van der Waals surface area contributed by atoms with Crippen molar-refractivity contribution in [1.29, 1.82) is 0 Å². The molecule has 0 saturated carbocycles. The highest BCUT2D eigenvalue weighted by molar-refractivity contribution is 5.30. The molecule has 1 aliphatic heterocycles. The fraction of sp³-hybridized carbons (Fsp3) is 0.389. The second kappa shape index (κ2) is 6.57. The summed E-state index contributed by atoms with van der Waals surface area (Å²) >= 11 is 0. The molecule has 0 saturated heterocycles. The van der Waals surface area contributed by atoms with Crippen molar-refractivity contribution in [3.63, 3.8) is 0 Å². The fourth-order valence-corrected chi connectivity index (χ4v) is 3.11. The van der Waals surface area contributed by atoms with Crippen LogP contribution in [-0.4, -0.2) is 30.6 Å². The lowest BCUT2D eigenvalue weighted by Gasteiger charge is -2.23. The molecule has 2 aromatic heterocycles. The van der Waals surface area contributed by atoms with Crippen molar-refractivity contribution in [2.45, 2.75) is 45.3 Å². The molecule has 0 bridgehead atoms. The molecule has 0 radical (unpaired) electrons. The Balaban J connectivity index is 1.37. The summed E-state index contributed by atoms with van der Waals surface area (Å²) in [5, 5.41) is 12.8. The number of para-hydroxylation sites is 1. The molecule has 3 aromatic rings. The van der Waals surface area contributed by atoms with Gasteiger partial charge in [0.05, 0.1) is 17.9 Å². The smallest absolute Gasteiger partial charge is 0.150 e. The summed E-state index contributed by atoms with van der Waals surface area (Å²) in [6.45, 7) is 3.76. The van der Waals surface area contributed by atoms with E-state index >= 15 is 0 Å². The number of nitrogens with one attached hydrogen (secondary N) is 1. The average molecular weight is 322 g/mol. The zero-order chi connectivity index (χ0) is 16.4. The monoisotopic (exact) mass is 322 g/mol. The summed E-state index contributed by atoms with van der Waals surface area (Å²) in [5.41, 5.74) is 2.14. The minimum absolute atomic E-state index is 0.422. The molecule has 1 atom stereocenters. The highest BCUT2D eigenvalue weighted by atomic mass is 15.4. The fourth-order valence-electron chi connectivity index (χ4n) is 3.11. The average Bonchev–Trinajstić information content (AvgIpc) is 3.27. The van der Waals surface area contributed by atoms with Crippen molar-refractivity contribution in [3.8, 4) is 5.69 Å². The topological polar surface area (TPSA) is 60.6 Å². The lowest BCUT2D eigenvalue weighted by molar-refractivity contribution is 0.356. The third-order valence-electron chi connectivity index (χ3n) is 4.46. The Bertz CT molecular complexity index is 804. The Morgan fingerprint density at radius 1 is 1.17 bits per heavy atom. The van der Waals surface area contributed by atoms with Crippen LogP contribution in [0.2, 0.25) is 0 Å². The summed E-state index contributed by atoms with van der Waals surface area (Å²) in [7, 11) is 0. The minimum Gasteiger partial charge on any atom is -0.306 e. The molecule has 124 valence electrons. The van der Waals surface area contributed by atoms with E-state index in [4.69, 9.17) is 0 Å². The molecule has 0 amide bonds. The van der Waals surface area contributed by atoms with Gasteiger partial charge in [-0.3, -0.25) is 0 Å². The molecule has 0 aliphatic carbocycles. The van der Waals surface area contributed by atoms with Gasteiger partial charge in [0.15, 0.2) is 5.82 Å². The maximum Gasteiger partial charge on any atom is 0.150 e. The van der Waals surface area contributed by atoms with Gasteiger partial charge in [-0.25, -0.2) is 14.3 Å². The van der Waals surface area contributed by atoms with Gasteiger partial charge in [-0.1, -0.05) is 25.1 Å². The Morgan fingerprint density at radius 2 is 2.04 bits per heavy atom. The molecule has 3 heterocycles. The third-order valence-corrected chi connectivity index (χ3v) is 4.46. The van der Waals surface area contributed by atoms with Gasteiger partial charge in [-0.2, -0.15) is 10.2 Å². The molecule has 1 N–H and O–H groups in total. The van der Waals surface area contributed by atoms with E-state index in [1.165, 1.54) is 0 Å². The summed E-state index contributed by atoms with van der Waals surface area (Å²) in [6, 6.07) is 12.7. The first-order chi connectivity index (χ1) is 11.8. The van der Waals surface area contributed by atoms with Crippen LogP contribution in [0.1, 0.15) is 30.7 Å². The van der Waals surface area contributed by atoms with Crippen LogP contribution in [0.15, 0.2) is 42.6 Å². The van der Waals surface area contributed by atoms with E-state index in [0.29, 0.717) is 6.04 Å². The first-order valence-electron chi connectivity index (χ1n) is 8.58. The number of hydrogen-bond acceptors (Lipinski definition) is 4. The van der Waals surface area contributed by atoms with E-state index in [2.05, 4.69) is 50.3 Å². The van der Waals surface area contributed by atoms with Crippen molar-refractivity contribution in [2.24, 2.45) is 0 Å². The maximum atomic E-state index is 4.65. The van der Waals surface area contributed by atoms with Gasteiger partial charge in [0, 0.05) is 31.6 Å². The lowest BCUT2D eigenvalue weighted by Crippen LogP contribution is -2.37. The Kier molecular flexibility index (Phi) is 4.13. The van der Waals surface area contributed by atoms with Crippen LogP contribution in [0.5, 0.6) is 0 Å². The van der Waals surface area contributed by atoms with Crippen molar-refractivity contribution in [2.75, 3.05) is 0 Å². The highest BCUT2D eigenvalue weighted by Crippen LogP contribution is 2.14. The molecule has 1 aliphatic rings. The first kappa shape index (κ1) is 15.1. The van der Waals surface area contributed by atoms with Crippen molar-refractivity contribution in [1.82, 2.24) is 29.9 Å². The van der Waals surface area contributed by atoms with Gasteiger partial charge >= 0.3 is 0 Å². The van der Waals surface area contributed by atoms with Gasteiger partial charge in [-0.05, 0) is 24.6 Å². The Morgan fingerprint density at radius 3 is 2.88 bits per heavy atom. The van der Waals surface area contributed by atoms with E-state index < -0.39 is 0 Å². The van der Waals surface area contributed by atoms with Crippen molar-refractivity contribution in [3.05, 3.63) is 59.9 Å². The summed E-state index contributed by atoms with van der Waals surface area (Å²) < 4.78 is 3.98. The molecule has 0 fully saturated rings. The standard InChI is InChI=1S/C18H22N6/c1-2-17-20-18-9-8-15(13-24(18)22-17)19-12-14-10-11-23(21-14)16-6-4-3-5-7-16/h3-7,10-11,15,19H,2,8-9,12-13H2,1H3. The second-order valence-electron chi connectivity index (χ2n) is 6.18. The van der Waals surface area contributed by atoms with Crippen molar-refractivity contribution < 1.29 is 0 Å². The lowest BCUT2D eigenvalue weighted by atomic mass is 10.1. The molecular formula is C18H22N6. The van der Waals surface area contributed by atoms with Crippen LogP contribution in [0, 0.1) is 0 Å². The number of benzene rings is 1.